The van der Waals surface area contributed by atoms with E-state index in [1.165, 1.54) is 0 Å². The fraction of sp³-hybridized carbons (Fsp3) is 0.278. The van der Waals surface area contributed by atoms with Crippen LogP contribution < -0.4 is 5.32 Å². The van der Waals surface area contributed by atoms with Crippen LogP contribution in [-0.4, -0.2) is 30.7 Å². The number of rotatable bonds is 2. The predicted octanol–water partition coefficient (Wildman–Crippen LogP) is 4.25. The first-order chi connectivity index (χ1) is 11.2. The number of anilines is 1. The smallest absolute Gasteiger partial charge is 0.322 e. The number of nitrogens with one attached hydrogen (secondary N) is 1. The van der Waals surface area contributed by atoms with Crippen molar-refractivity contribution in [1.82, 2.24) is 4.90 Å². The molecule has 1 saturated heterocycles. The van der Waals surface area contributed by atoms with Crippen LogP contribution in [-0.2, 0) is 4.74 Å². The Balaban J connectivity index is 1.82. The highest BCUT2D eigenvalue weighted by molar-refractivity contribution is 6.33. The Hall–Kier alpha value is -2.04. The van der Waals surface area contributed by atoms with E-state index in [0.717, 1.165) is 11.1 Å². The van der Waals surface area contributed by atoms with Crippen LogP contribution in [0.2, 0.25) is 5.02 Å². The Morgan fingerprint density at radius 3 is 2.74 bits per heavy atom. The van der Waals surface area contributed by atoms with Gasteiger partial charge in [0.15, 0.2) is 0 Å². The van der Waals surface area contributed by atoms with Gasteiger partial charge in [-0.05, 0) is 24.1 Å². The number of nitrogens with zero attached hydrogens (tertiary/aromatic N) is 1. The zero-order valence-electron chi connectivity index (χ0n) is 13.0. The van der Waals surface area contributed by atoms with Gasteiger partial charge in [0.2, 0.25) is 0 Å². The summed E-state index contributed by atoms with van der Waals surface area (Å²) in [5.74, 6) is 0. The summed E-state index contributed by atoms with van der Waals surface area (Å²) in [7, 11) is 0. The number of amides is 2. The molecule has 4 nitrogen and oxygen atoms in total. The molecule has 0 spiro atoms. The number of urea groups is 1. The molecule has 5 heteroatoms. The Morgan fingerprint density at radius 1 is 1.22 bits per heavy atom. The zero-order valence-corrected chi connectivity index (χ0v) is 13.7. The van der Waals surface area contributed by atoms with Gasteiger partial charge in [0.25, 0.3) is 0 Å². The SMILES string of the molecule is Cc1cccc(Cl)c1NC(=O)N1CCOC[C@H]1c1ccccc1. The van der Waals surface area contributed by atoms with E-state index >= 15 is 0 Å². The highest BCUT2D eigenvalue weighted by atomic mass is 35.5. The maximum Gasteiger partial charge on any atom is 0.322 e. The first-order valence-corrected chi connectivity index (χ1v) is 8.00. The molecule has 23 heavy (non-hydrogen) atoms. The van der Waals surface area contributed by atoms with E-state index in [4.69, 9.17) is 16.3 Å². The van der Waals surface area contributed by atoms with Crippen molar-refractivity contribution in [3.63, 3.8) is 0 Å². The van der Waals surface area contributed by atoms with Gasteiger partial charge in [-0.25, -0.2) is 4.79 Å². The molecule has 0 aromatic heterocycles. The molecule has 0 saturated carbocycles. The third-order valence-corrected chi connectivity index (χ3v) is 4.34. The van der Waals surface area contributed by atoms with Crippen molar-refractivity contribution >= 4 is 23.3 Å². The van der Waals surface area contributed by atoms with Gasteiger partial charge in [-0.2, -0.15) is 0 Å². The van der Waals surface area contributed by atoms with Crippen LogP contribution in [0.3, 0.4) is 0 Å². The second kappa shape index (κ2) is 7.02. The average molecular weight is 331 g/mol. The fourth-order valence-electron chi connectivity index (χ4n) is 2.77. The molecule has 1 N–H and O–H groups in total. The summed E-state index contributed by atoms with van der Waals surface area (Å²) < 4.78 is 5.57. The molecule has 0 radical (unpaired) electrons. The minimum absolute atomic E-state index is 0.0901. The highest BCUT2D eigenvalue weighted by Crippen LogP contribution is 2.28. The first-order valence-electron chi connectivity index (χ1n) is 7.62. The number of para-hydroxylation sites is 1. The van der Waals surface area contributed by atoms with E-state index in [-0.39, 0.29) is 12.1 Å². The number of ether oxygens (including phenoxy) is 1. The van der Waals surface area contributed by atoms with Crippen LogP contribution in [0.5, 0.6) is 0 Å². The van der Waals surface area contributed by atoms with E-state index in [0.29, 0.717) is 30.5 Å². The number of hydrogen-bond donors (Lipinski definition) is 1. The predicted molar refractivity (Wildman–Crippen MR) is 91.9 cm³/mol. The summed E-state index contributed by atoms with van der Waals surface area (Å²) in [5.41, 5.74) is 2.67. The minimum Gasteiger partial charge on any atom is -0.377 e. The van der Waals surface area contributed by atoms with Crippen molar-refractivity contribution in [2.24, 2.45) is 0 Å². The number of carbonyl (C=O) groups excluding carboxylic acids is 1. The Labute approximate surface area is 141 Å². The molecule has 120 valence electrons. The van der Waals surface area contributed by atoms with E-state index < -0.39 is 0 Å². The van der Waals surface area contributed by atoms with E-state index in [1.54, 1.807) is 6.07 Å². The van der Waals surface area contributed by atoms with Crippen LogP contribution in [0.15, 0.2) is 48.5 Å². The van der Waals surface area contributed by atoms with Crippen molar-refractivity contribution < 1.29 is 9.53 Å². The summed E-state index contributed by atoms with van der Waals surface area (Å²) in [6.45, 7) is 3.52. The second-order valence-corrected chi connectivity index (χ2v) is 5.96. The summed E-state index contributed by atoms with van der Waals surface area (Å²) >= 11 is 6.21. The summed E-state index contributed by atoms with van der Waals surface area (Å²) in [5, 5.41) is 3.49. The molecule has 0 bridgehead atoms. The molecule has 2 aromatic rings. The van der Waals surface area contributed by atoms with Gasteiger partial charge in [0, 0.05) is 6.54 Å². The number of benzene rings is 2. The quantitative estimate of drug-likeness (QED) is 0.894. The van der Waals surface area contributed by atoms with Crippen molar-refractivity contribution in [2.45, 2.75) is 13.0 Å². The average Bonchev–Trinajstić information content (AvgIpc) is 2.59. The Kier molecular flexibility index (Phi) is 4.84. The third kappa shape index (κ3) is 3.49. The molecule has 0 unspecified atom stereocenters. The first kappa shape index (κ1) is 15.8. The molecule has 0 aliphatic carbocycles. The number of aryl methyl sites for hydroxylation is 1. The largest absolute Gasteiger partial charge is 0.377 e. The van der Waals surface area contributed by atoms with E-state index in [9.17, 15) is 4.79 Å². The second-order valence-electron chi connectivity index (χ2n) is 5.56. The van der Waals surface area contributed by atoms with Crippen molar-refractivity contribution in [2.75, 3.05) is 25.1 Å². The molecular formula is C18H19ClN2O2. The zero-order chi connectivity index (χ0) is 16.2. The molecular weight excluding hydrogens is 312 g/mol. The Morgan fingerprint density at radius 2 is 2.00 bits per heavy atom. The van der Waals surface area contributed by atoms with E-state index in [2.05, 4.69) is 5.32 Å². The Bertz CT molecular complexity index is 670. The number of hydrogen-bond acceptors (Lipinski definition) is 2. The summed E-state index contributed by atoms with van der Waals surface area (Å²) in [4.78, 5) is 14.6. The topological polar surface area (TPSA) is 41.6 Å². The van der Waals surface area contributed by atoms with Gasteiger partial charge in [0.05, 0.1) is 30.0 Å². The molecule has 2 amide bonds. The highest BCUT2D eigenvalue weighted by Gasteiger charge is 2.29. The molecule has 1 fully saturated rings. The molecule has 2 aromatic carbocycles. The van der Waals surface area contributed by atoms with Crippen LogP contribution in [0, 0.1) is 6.92 Å². The maximum atomic E-state index is 12.8. The standard InChI is InChI=1S/C18H19ClN2O2/c1-13-6-5-9-15(19)17(13)20-18(22)21-10-11-23-12-16(21)14-7-3-2-4-8-14/h2-9,16H,10-12H2,1H3,(H,20,22)/t16-/m0/s1. The van der Waals surface area contributed by atoms with Gasteiger partial charge in [-0.1, -0.05) is 54.1 Å². The number of carbonyl (C=O) groups is 1. The minimum atomic E-state index is -0.154. The van der Waals surface area contributed by atoms with Crippen molar-refractivity contribution in [1.29, 1.82) is 0 Å². The van der Waals surface area contributed by atoms with Crippen LogP contribution >= 0.6 is 11.6 Å². The van der Waals surface area contributed by atoms with Gasteiger partial charge in [0.1, 0.15) is 0 Å². The van der Waals surface area contributed by atoms with Crippen LogP contribution in [0.4, 0.5) is 10.5 Å². The lowest BCUT2D eigenvalue weighted by Gasteiger charge is -2.36. The van der Waals surface area contributed by atoms with Gasteiger partial charge in [-0.15, -0.1) is 0 Å². The van der Waals surface area contributed by atoms with E-state index in [1.807, 2.05) is 54.3 Å². The number of morpholine rings is 1. The lowest BCUT2D eigenvalue weighted by Crippen LogP contribution is -2.45. The van der Waals surface area contributed by atoms with Crippen LogP contribution in [0.25, 0.3) is 0 Å². The molecule has 3 rings (SSSR count). The summed E-state index contributed by atoms with van der Waals surface area (Å²) in [6, 6.07) is 15.3. The molecule has 1 aliphatic rings. The molecule has 1 heterocycles. The normalized spacial score (nSPS) is 17.8. The lowest BCUT2D eigenvalue weighted by molar-refractivity contribution is 0.0148. The lowest BCUT2D eigenvalue weighted by atomic mass is 10.1. The van der Waals surface area contributed by atoms with Gasteiger partial charge >= 0.3 is 6.03 Å². The number of halogens is 1. The fourth-order valence-corrected chi connectivity index (χ4v) is 3.04. The molecule has 1 aliphatic heterocycles. The monoisotopic (exact) mass is 330 g/mol. The van der Waals surface area contributed by atoms with Gasteiger partial charge in [-0.3, -0.25) is 0 Å². The van der Waals surface area contributed by atoms with Crippen molar-refractivity contribution in [3.05, 3.63) is 64.7 Å². The van der Waals surface area contributed by atoms with Crippen LogP contribution in [0.1, 0.15) is 17.2 Å². The maximum absolute atomic E-state index is 12.8. The van der Waals surface area contributed by atoms with Gasteiger partial charge < -0.3 is 15.0 Å². The van der Waals surface area contributed by atoms with Crippen molar-refractivity contribution in [3.8, 4) is 0 Å². The third-order valence-electron chi connectivity index (χ3n) is 4.03. The summed E-state index contributed by atoms with van der Waals surface area (Å²) in [6.07, 6.45) is 0. The molecule has 1 atom stereocenters.